The van der Waals surface area contributed by atoms with Crippen LogP contribution in [0.2, 0.25) is 0 Å². The summed E-state index contributed by atoms with van der Waals surface area (Å²) in [5.74, 6) is 1.36. The second-order valence-corrected chi connectivity index (χ2v) is 5.88. The molecule has 5 heteroatoms. The van der Waals surface area contributed by atoms with Crippen LogP contribution in [0.3, 0.4) is 0 Å². The molecule has 2 aliphatic heterocycles. The third kappa shape index (κ3) is 2.71. The molecule has 0 amide bonds. The molecule has 0 radical (unpaired) electrons. The van der Waals surface area contributed by atoms with Gasteiger partial charge in [0.15, 0.2) is 0 Å². The zero-order valence-electron chi connectivity index (χ0n) is 12.3. The predicted octanol–water partition coefficient (Wildman–Crippen LogP) is 1.63. The molecule has 3 unspecified atom stereocenters. The Labute approximate surface area is 120 Å². The van der Waals surface area contributed by atoms with E-state index in [-0.39, 0.29) is 11.6 Å². The molecule has 5 nitrogen and oxygen atoms in total. The van der Waals surface area contributed by atoms with E-state index in [1.54, 1.807) is 0 Å². The van der Waals surface area contributed by atoms with Gasteiger partial charge in [-0.3, -0.25) is 0 Å². The number of aromatic nitrogens is 2. The third-order valence-corrected chi connectivity index (χ3v) is 4.50. The van der Waals surface area contributed by atoms with Gasteiger partial charge in [0.1, 0.15) is 5.82 Å². The molecule has 1 spiro atoms. The van der Waals surface area contributed by atoms with Crippen LogP contribution in [-0.2, 0) is 9.47 Å². The maximum absolute atomic E-state index is 6.03. The summed E-state index contributed by atoms with van der Waals surface area (Å²) >= 11 is 0. The second-order valence-electron chi connectivity index (χ2n) is 5.88. The molecule has 2 fully saturated rings. The Balaban J connectivity index is 1.78. The summed E-state index contributed by atoms with van der Waals surface area (Å²) in [6, 6.07) is 2.28. The summed E-state index contributed by atoms with van der Waals surface area (Å²) in [5, 5.41) is 3.44. The lowest BCUT2D eigenvalue weighted by atomic mass is 9.80. The van der Waals surface area contributed by atoms with Crippen molar-refractivity contribution in [3.63, 3.8) is 0 Å². The van der Waals surface area contributed by atoms with Crippen LogP contribution in [0.15, 0.2) is 12.3 Å². The molecule has 2 saturated heterocycles. The van der Waals surface area contributed by atoms with Crippen molar-refractivity contribution in [3.8, 4) is 0 Å². The van der Waals surface area contributed by atoms with Gasteiger partial charge < -0.3 is 14.8 Å². The van der Waals surface area contributed by atoms with Gasteiger partial charge in [-0.2, -0.15) is 0 Å². The molecule has 0 aromatic carbocycles. The first-order valence-corrected chi connectivity index (χ1v) is 7.41. The normalized spacial score (nSPS) is 31.6. The van der Waals surface area contributed by atoms with Crippen molar-refractivity contribution < 1.29 is 9.47 Å². The van der Waals surface area contributed by atoms with Crippen molar-refractivity contribution in [2.45, 2.75) is 37.8 Å². The standard InChI is InChI=1S/C15H23N3O2/c1-11-17-6-3-13(18-11)14(16-2)12-4-7-20-15(9-12)5-8-19-10-15/h3,6,12,14,16H,4-5,7-10H2,1-2H3. The summed E-state index contributed by atoms with van der Waals surface area (Å²) in [4.78, 5) is 8.78. The van der Waals surface area contributed by atoms with E-state index in [1.807, 2.05) is 26.2 Å². The van der Waals surface area contributed by atoms with Gasteiger partial charge in [0, 0.05) is 25.8 Å². The van der Waals surface area contributed by atoms with Gasteiger partial charge in [0.2, 0.25) is 0 Å². The van der Waals surface area contributed by atoms with Crippen LogP contribution in [0, 0.1) is 12.8 Å². The zero-order valence-corrected chi connectivity index (χ0v) is 12.3. The minimum atomic E-state index is -0.0555. The van der Waals surface area contributed by atoms with Crippen molar-refractivity contribution in [3.05, 3.63) is 23.8 Å². The maximum atomic E-state index is 6.03. The molecule has 3 rings (SSSR count). The molecule has 20 heavy (non-hydrogen) atoms. The maximum Gasteiger partial charge on any atom is 0.125 e. The third-order valence-electron chi connectivity index (χ3n) is 4.50. The predicted molar refractivity (Wildman–Crippen MR) is 75.4 cm³/mol. The van der Waals surface area contributed by atoms with E-state index < -0.39 is 0 Å². The smallest absolute Gasteiger partial charge is 0.125 e. The molecule has 3 heterocycles. The Bertz CT molecular complexity index is 460. The molecule has 0 saturated carbocycles. The molecule has 1 aromatic heterocycles. The average Bonchev–Trinajstić information content (AvgIpc) is 2.88. The Morgan fingerprint density at radius 3 is 3.05 bits per heavy atom. The fourth-order valence-corrected chi connectivity index (χ4v) is 3.49. The number of hydrogen-bond donors (Lipinski definition) is 1. The minimum absolute atomic E-state index is 0.0555. The van der Waals surface area contributed by atoms with E-state index in [0.717, 1.165) is 50.6 Å². The van der Waals surface area contributed by atoms with Crippen molar-refractivity contribution in [1.29, 1.82) is 0 Å². The fraction of sp³-hybridized carbons (Fsp3) is 0.733. The largest absolute Gasteiger partial charge is 0.378 e. The van der Waals surface area contributed by atoms with Gasteiger partial charge in [0.25, 0.3) is 0 Å². The zero-order chi connectivity index (χ0) is 14.0. The number of aryl methyl sites for hydroxylation is 1. The molecular weight excluding hydrogens is 254 g/mol. The van der Waals surface area contributed by atoms with Gasteiger partial charge in [-0.25, -0.2) is 9.97 Å². The lowest BCUT2D eigenvalue weighted by Gasteiger charge is -2.40. The second kappa shape index (κ2) is 5.76. The highest BCUT2D eigenvalue weighted by molar-refractivity contribution is 5.10. The summed E-state index contributed by atoms with van der Waals surface area (Å²) < 4.78 is 11.6. The summed E-state index contributed by atoms with van der Waals surface area (Å²) in [6.07, 6.45) is 4.97. The number of hydrogen-bond acceptors (Lipinski definition) is 5. The van der Waals surface area contributed by atoms with E-state index in [9.17, 15) is 0 Å². The SMILES string of the molecule is CNC(c1ccnc(C)n1)C1CCOC2(CCOC2)C1. The van der Waals surface area contributed by atoms with Crippen molar-refractivity contribution in [1.82, 2.24) is 15.3 Å². The number of nitrogens with one attached hydrogen (secondary N) is 1. The van der Waals surface area contributed by atoms with Crippen molar-refractivity contribution in [2.75, 3.05) is 26.9 Å². The molecule has 0 aliphatic carbocycles. The molecule has 2 aliphatic rings. The lowest BCUT2D eigenvalue weighted by Crippen LogP contribution is -2.43. The van der Waals surface area contributed by atoms with Crippen LogP contribution in [0.5, 0.6) is 0 Å². The summed E-state index contributed by atoms with van der Waals surface area (Å²) in [7, 11) is 2.01. The number of nitrogens with zero attached hydrogens (tertiary/aromatic N) is 2. The Hall–Kier alpha value is -1.04. The van der Waals surface area contributed by atoms with E-state index in [0.29, 0.717) is 5.92 Å². The van der Waals surface area contributed by atoms with Gasteiger partial charge in [-0.15, -0.1) is 0 Å². The van der Waals surface area contributed by atoms with Gasteiger partial charge in [-0.05, 0) is 38.8 Å². The first-order chi connectivity index (χ1) is 9.72. The van der Waals surface area contributed by atoms with Crippen molar-refractivity contribution in [2.24, 2.45) is 5.92 Å². The first-order valence-electron chi connectivity index (χ1n) is 7.41. The topological polar surface area (TPSA) is 56.3 Å². The number of rotatable bonds is 3. The molecule has 1 N–H and O–H groups in total. The van der Waals surface area contributed by atoms with Gasteiger partial charge in [-0.1, -0.05) is 0 Å². The van der Waals surface area contributed by atoms with Crippen LogP contribution in [0.1, 0.15) is 36.8 Å². The summed E-state index contributed by atoms with van der Waals surface area (Å²) in [5.41, 5.74) is 1.03. The Morgan fingerprint density at radius 1 is 1.45 bits per heavy atom. The van der Waals surface area contributed by atoms with Crippen LogP contribution in [0.25, 0.3) is 0 Å². The van der Waals surface area contributed by atoms with E-state index in [4.69, 9.17) is 9.47 Å². The monoisotopic (exact) mass is 277 g/mol. The quantitative estimate of drug-likeness (QED) is 0.910. The molecule has 0 bridgehead atoms. The highest BCUT2D eigenvalue weighted by Crippen LogP contribution is 2.40. The lowest BCUT2D eigenvalue weighted by molar-refractivity contribution is -0.103. The van der Waals surface area contributed by atoms with Gasteiger partial charge >= 0.3 is 0 Å². The fourth-order valence-electron chi connectivity index (χ4n) is 3.49. The molecule has 110 valence electrons. The molecule has 1 aromatic rings. The van der Waals surface area contributed by atoms with Gasteiger partial charge in [0.05, 0.1) is 23.9 Å². The van der Waals surface area contributed by atoms with Crippen LogP contribution >= 0.6 is 0 Å². The van der Waals surface area contributed by atoms with Crippen LogP contribution in [0.4, 0.5) is 0 Å². The van der Waals surface area contributed by atoms with Crippen LogP contribution in [-0.4, -0.2) is 42.4 Å². The van der Waals surface area contributed by atoms with Crippen LogP contribution < -0.4 is 5.32 Å². The summed E-state index contributed by atoms with van der Waals surface area (Å²) in [6.45, 7) is 4.31. The highest BCUT2D eigenvalue weighted by atomic mass is 16.6. The molecular formula is C15H23N3O2. The molecule has 3 atom stereocenters. The highest BCUT2D eigenvalue weighted by Gasteiger charge is 2.43. The van der Waals surface area contributed by atoms with Crippen molar-refractivity contribution >= 4 is 0 Å². The van der Waals surface area contributed by atoms with E-state index >= 15 is 0 Å². The average molecular weight is 277 g/mol. The Morgan fingerprint density at radius 2 is 2.35 bits per heavy atom. The number of ether oxygens (including phenoxy) is 2. The first kappa shape index (κ1) is 13.9. The Kier molecular flexibility index (Phi) is 4.01. The van der Waals surface area contributed by atoms with E-state index in [1.165, 1.54) is 0 Å². The minimum Gasteiger partial charge on any atom is -0.378 e. The van der Waals surface area contributed by atoms with E-state index in [2.05, 4.69) is 15.3 Å².